The van der Waals surface area contributed by atoms with Crippen LogP contribution in [0.3, 0.4) is 0 Å². The Morgan fingerprint density at radius 2 is 0.784 bits per heavy atom. The van der Waals surface area contributed by atoms with Gasteiger partial charge < -0.3 is 49.1 Å². The molecule has 10 rings (SSSR count). The van der Waals surface area contributed by atoms with E-state index in [0.29, 0.717) is 71.0 Å². The summed E-state index contributed by atoms with van der Waals surface area (Å²) in [5.41, 5.74) is 2.14. The maximum absolute atomic E-state index is 13.4. The average molecular weight is 1460 g/mol. The second-order valence-electron chi connectivity index (χ2n) is 22.3. The Kier molecular flexibility index (Phi) is 23.4. The molecule has 0 saturated heterocycles. The minimum atomic E-state index is -3.60. The number of fused-ring (bicyclic) bond motifs is 3. The summed E-state index contributed by atoms with van der Waals surface area (Å²) in [5.74, 6) is -3.92. The van der Waals surface area contributed by atoms with Crippen molar-refractivity contribution in [1.82, 2.24) is 14.7 Å². The molecule has 3 aromatic heterocycles. The number of hydrogen-bond donors (Lipinski definition) is 3. The Balaban J connectivity index is 0.000000186. The van der Waals surface area contributed by atoms with Gasteiger partial charge in [0.2, 0.25) is 17.7 Å². The lowest BCUT2D eigenvalue weighted by Crippen LogP contribution is -2.38. The fraction of sp³-hybridized carbons (Fsp3) is 0.381. The molecule has 0 unspecified atom stereocenters. The number of carbonyl (C=O) groups is 9. The summed E-state index contributed by atoms with van der Waals surface area (Å²) < 4.78 is 111. The van der Waals surface area contributed by atoms with E-state index in [1.165, 1.54) is 46.1 Å². The van der Waals surface area contributed by atoms with Crippen LogP contribution in [0.15, 0.2) is 70.7 Å². The lowest BCUT2D eigenvalue weighted by atomic mass is 10.1. The van der Waals surface area contributed by atoms with Crippen LogP contribution < -0.4 is 44.4 Å². The van der Waals surface area contributed by atoms with Gasteiger partial charge in [-0.3, -0.25) is 57.9 Å². The Labute approximate surface area is 571 Å². The normalized spacial score (nSPS) is 15.1. The van der Waals surface area contributed by atoms with E-state index < -0.39 is 106 Å². The van der Waals surface area contributed by atoms with Gasteiger partial charge in [-0.15, -0.1) is 34.0 Å². The fourth-order valence-electron chi connectivity index (χ4n) is 10.7. The number of sulfone groups is 3. The molecule has 3 N–H and O–H groups in total. The van der Waals surface area contributed by atoms with Crippen LogP contribution in [0.25, 0.3) is 0 Å². The molecule has 6 aromatic rings. The molecule has 6 heterocycles. The van der Waals surface area contributed by atoms with E-state index in [4.69, 9.17) is 33.2 Å². The van der Waals surface area contributed by atoms with Crippen molar-refractivity contribution in [2.45, 2.75) is 58.7 Å². The zero-order valence-electron chi connectivity index (χ0n) is 54.4. The molecule has 9 amide bonds. The highest BCUT2D eigenvalue weighted by Crippen LogP contribution is 2.45. The number of anilines is 3. The van der Waals surface area contributed by atoms with E-state index in [2.05, 4.69) is 16.0 Å². The second-order valence-corrected chi connectivity index (χ2v) is 31.5. The standard InChI is InChI=1S/C22H24N2O7S2.C21H24N2O8S2.C20H22N2O7S2/c1-4-31-17-9-13(7-8-16(17)30-2)15(11-33(3,28)29)24-21(26)18-14(10-32-19(18)22(24)27)23-20(25)12-5-6-12;1-5-31-16-8-12(6-7-15(16)30-3)14(11-33(4,27)28)23-20(25)18-13(22-17(24)9-29-2)10-32-19(18)21(23)26;1-5-29-16-8-12(6-7-15(16)28-3)14(10-31(4,26)27)22-19(24)17-13(21-11(2)23)9-30-18(17)20(22)25/h7-10,12,15H,4-6,11H2,1-3H3,(H,23,25);6-8,10,14H,5,9,11H2,1-4H3,(H,22,24);6-9,14H,5,10H2,1-4H3,(H,21,23)/t15-;2*14-/m111/s1. The van der Waals surface area contributed by atoms with Gasteiger partial charge in [0.1, 0.15) is 50.8 Å². The first kappa shape index (κ1) is 74.0. The molecule has 34 heteroatoms. The molecule has 3 aliphatic heterocycles. The summed E-state index contributed by atoms with van der Waals surface area (Å²) in [6.45, 7) is 7.46. The van der Waals surface area contributed by atoms with Crippen molar-refractivity contribution >= 4 is 134 Å². The summed E-state index contributed by atoms with van der Waals surface area (Å²) in [4.78, 5) is 118. The van der Waals surface area contributed by atoms with Crippen LogP contribution >= 0.6 is 34.0 Å². The van der Waals surface area contributed by atoms with Crippen LogP contribution in [0.2, 0.25) is 0 Å². The van der Waals surface area contributed by atoms with Gasteiger partial charge in [-0.05, 0) is 86.7 Å². The molecule has 520 valence electrons. The van der Waals surface area contributed by atoms with Gasteiger partial charge in [0, 0.05) is 54.9 Å². The van der Waals surface area contributed by atoms with Crippen molar-refractivity contribution in [3.05, 3.63) is 119 Å². The third-order valence-electron chi connectivity index (χ3n) is 14.9. The molecular weight excluding hydrogens is 1390 g/mol. The van der Waals surface area contributed by atoms with E-state index in [9.17, 15) is 68.4 Å². The van der Waals surface area contributed by atoms with Crippen molar-refractivity contribution in [3.8, 4) is 34.5 Å². The van der Waals surface area contributed by atoms with E-state index in [1.807, 2.05) is 0 Å². The molecule has 97 heavy (non-hydrogen) atoms. The minimum Gasteiger partial charge on any atom is -0.493 e. The average Bonchev–Trinajstić information content (AvgIpc) is 1.61. The Hall–Kier alpha value is -8.80. The molecule has 0 radical (unpaired) electrons. The number of hydrogen-bond acceptors (Lipinski definition) is 25. The maximum Gasteiger partial charge on any atom is 0.272 e. The van der Waals surface area contributed by atoms with E-state index >= 15 is 0 Å². The van der Waals surface area contributed by atoms with Gasteiger partial charge in [-0.25, -0.2) is 25.3 Å². The second kappa shape index (κ2) is 30.7. The van der Waals surface area contributed by atoms with Gasteiger partial charge in [0.15, 0.2) is 34.5 Å². The number of carbonyl (C=O) groups excluding carboxylic acids is 9. The monoisotopic (exact) mass is 1450 g/mol. The highest BCUT2D eigenvalue weighted by Gasteiger charge is 2.48. The first-order chi connectivity index (χ1) is 45.8. The number of imide groups is 3. The van der Waals surface area contributed by atoms with Crippen molar-refractivity contribution in [3.63, 3.8) is 0 Å². The maximum atomic E-state index is 13.4. The van der Waals surface area contributed by atoms with E-state index in [0.717, 1.165) is 80.3 Å². The van der Waals surface area contributed by atoms with Crippen LogP contribution in [0, 0.1) is 5.92 Å². The Bertz CT molecular complexity index is 4460. The molecule has 3 atom stereocenters. The molecular formula is C63H70N6O22S6. The number of methoxy groups -OCH3 is 4. The van der Waals surface area contributed by atoms with Crippen molar-refractivity contribution < 1.29 is 102 Å². The van der Waals surface area contributed by atoms with Crippen LogP contribution in [0.1, 0.15) is 135 Å². The molecule has 1 fully saturated rings. The lowest BCUT2D eigenvalue weighted by molar-refractivity contribution is -0.119. The van der Waals surface area contributed by atoms with Crippen molar-refractivity contribution in [2.24, 2.45) is 5.92 Å². The molecule has 1 saturated carbocycles. The predicted molar refractivity (Wildman–Crippen MR) is 360 cm³/mol. The number of nitrogens with one attached hydrogen (secondary N) is 3. The van der Waals surface area contributed by atoms with Crippen molar-refractivity contribution in [1.29, 1.82) is 0 Å². The van der Waals surface area contributed by atoms with Crippen LogP contribution in [0.5, 0.6) is 34.5 Å². The van der Waals surface area contributed by atoms with Gasteiger partial charge in [0.25, 0.3) is 35.4 Å². The number of amides is 9. The molecule has 28 nitrogen and oxygen atoms in total. The Morgan fingerprint density at radius 1 is 0.474 bits per heavy atom. The SMILES string of the molecule is CCOc1cc([C@@H](CS(C)(=O)=O)N2C(=O)c3scc(NC(=O)C4CC4)c3C2=O)ccc1OC.CCOc1cc([C@@H](CS(C)(=O)=O)N2C(=O)c3scc(NC(=O)COC)c3C2=O)ccc1OC.CCOc1cc([C@@H](CS(C)(=O)=O)N2C(=O)c3scc(NC(C)=O)c3C2=O)ccc1OC. The van der Waals surface area contributed by atoms with Crippen LogP contribution in [0.4, 0.5) is 17.1 Å². The molecule has 0 spiro atoms. The summed E-state index contributed by atoms with van der Waals surface area (Å²) in [7, 11) is -4.99. The van der Waals surface area contributed by atoms with Gasteiger partial charge >= 0.3 is 0 Å². The number of rotatable bonds is 27. The number of nitrogens with zero attached hydrogens (tertiary/aromatic N) is 3. The fourth-order valence-corrected chi connectivity index (χ4v) is 16.2. The molecule has 4 aliphatic rings. The molecule has 1 aliphatic carbocycles. The smallest absolute Gasteiger partial charge is 0.272 e. The van der Waals surface area contributed by atoms with Gasteiger partial charge in [0.05, 0.1) is 110 Å². The van der Waals surface area contributed by atoms with E-state index in [-0.39, 0.29) is 72.7 Å². The number of ether oxygens (including phenoxy) is 7. The quantitative estimate of drug-likeness (QED) is 0.0420. The van der Waals surface area contributed by atoms with E-state index in [1.54, 1.807) is 80.7 Å². The number of thiophene rings is 3. The highest BCUT2D eigenvalue weighted by atomic mass is 32.2. The first-order valence-corrected chi connectivity index (χ1v) is 38.4. The zero-order valence-corrected chi connectivity index (χ0v) is 59.3. The first-order valence-electron chi connectivity index (χ1n) is 29.6. The summed E-state index contributed by atoms with van der Waals surface area (Å²) in [5, 5.41) is 12.4. The summed E-state index contributed by atoms with van der Waals surface area (Å²) in [6.07, 6.45) is 4.72. The van der Waals surface area contributed by atoms with Crippen LogP contribution in [-0.4, -0.2) is 184 Å². The zero-order chi connectivity index (χ0) is 71.2. The van der Waals surface area contributed by atoms with Gasteiger partial charge in [-0.1, -0.05) is 18.2 Å². The Morgan fingerprint density at radius 3 is 1.05 bits per heavy atom. The lowest BCUT2D eigenvalue weighted by Gasteiger charge is -2.27. The largest absolute Gasteiger partial charge is 0.493 e. The van der Waals surface area contributed by atoms with Crippen LogP contribution in [-0.2, 0) is 48.6 Å². The summed E-state index contributed by atoms with van der Waals surface area (Å²) in [6, 6.07) is 11.1. The number of benzene rings is 3. The van der Waals surface area contributed by atoms with Gasteiger partial charge in [-0.2, -0.15) is 0 Å². The minimum absolute atomic E-state index is 0.0338. The topological polar surface area (TPSA) is 366 Å². The highest BCUT2D eigenvalue weighted by molar-refractivity contribution is 7.91. The third kappa shape index (κ3) is 17.0. The molecule has 0 bridgehead atoms. The van der Waals surface area contributed by atoms with Crippen molar-refractivity contribution in [2.75, 3.05) is 107 Å². The molecule has 3 aromatic carbocycles. The predicted octanol–water partition coefficient (Wildman–Crippen LogP) is 7.50. The third-order valence-corrected chi connectivity index (χ3v) is 20.6. The summed E-state index contributed by atoms with van der Waals surface area (Å²) >= 11 is 3.08.